The van der Waals surface area contributed by atoms with Crippen molar-refractivity contribution in [2.45, 2.75) is 5.16 Å². The average molecular weight is 305 g/mol. The van der Waals surface area contributed by atoms with E-state index in [9.17, 15) is 19.2 Å². The van der Waals surface area contributed by atoms with Crippen LogP contribution in [0.1, 0.15) is 5.56 Å². The standard InChI is InChI=1S/C12H9BFN3O3S/c1-21-12-16-10(6(5-15)11(18)17-12)9-7(13(19)20)3-2-4-8(9)14/h2-4,19-20H,1H3,(H,16,17,18). The molecule has 0 radical (unpaired) electrons. The van der Waals surface area contributed by atoms with Crippen molar-refractivity contribution in [3.63, 3.8) is 0 Å². The minimum atomic E-state index is -1.96. The zero-order valence-corrected chi connectivity index (χ0v) is 11.6. The first-order valence-corrected chi connectivity index (χ1v) is 6.95. The normalized spacial score (nSPS) is 10.2. The van der Waals surface area contributed by atoms with Crippen LogP contribution in [0, 0.1) is 17.1 Å². The maximum Gasteiger partial charge on any atom is 0.489 e. The molecule has 3 N–H and O–H groups in total. The Morgan fingerprint density at radius 2 is 2.19 bits per heavy atom. The summed E-state index contributed by atoms with van der Waals surface area (Å²) < 4.78 is 14.1. The molecule has 0 fully saturated rings. The minimum absolute atomic E-state index is 0.170. The molecule has 0 saturated carbocycles. The van der Waals surface area contributed by atoms with Gasteiger partial charge in [-0.05, 0) is 17.8 Å². The second-order valence-corrected chi connectivity index (χ2v) is 4.78. The molecule has 106 valence electrons. The zero-order valence-electron chi connectivity index (χ0n) is 10.8. The molecule has 0 aliphatic heterocycles. The highest BCUT2D eigenvalue weighted by molar-refractivity contribution is 7.98. The maximum atomic E-state index is 14.1. The van der Waals surface area contributed by atoms with E-state index in [0.29, 0.717) is 0 Å². The van der Waals surface area contributed by atoms with Gasteiger partial charge in [0, 0.05) is 5.56 Å². The molecule has 6 nitrogen and oxygen atoms in total. The number of aromatic nitrogens is 2. The maximum absolute atomic E-state index is 14.1. The highest BCUT2D eigenvalue weighted by atomic mass is 32.2. The van der Waals surface area contributed by atoms with Gasteiger partial charge in [0.05, 0.1) is 5.69 Å². The fourth-order valence-electron chi connectivity index (χ4n) is 1.84. The summed E-state index contributed by atoms with van der Waals surface area (Å²) in [6.45, 7) is 0. The average Bonchev–Trinajstić information content (AvgIpc) is 2.46. The van der Waals surface area contributed by atoms with Crippen molar-refractivity contribution in [2.75, 3.05) is 6.26 Å². The SMILES string of the molecule is CSc1nc(-c2c(F)cccc2B(O)O)c(C#N)c(=O)[nH]1. The molecule has 0 atom stereocenters. The van der Waals surface area contributed by atoms with E-state index in [0.717, 1.165) is 17.8 Å². The minimum Gasteiger partial charge on any atom is -0.423 e. The Hall–Kier alpha value is -2.15. The van der Waals surface area contributed by atoms with Crippen molar-refractivity contribution < 1.29 is 14.4 Å². The zero-order chi connectivity index (χ0) is 15.6. The van der Waals surface area contributed by atoms with Crippen LogP contribution < -0.4 is 11.0 Å². The molecular weight excluding hydrogens is 296 g/mol. The number of benzene rings is 1. The van der Waals surface area contributed by atoms with Crippen LogP contribution >= 0.6 is 11.8 Å². The lowest BCUT2D eigenvalue weighted by Crippen LogP contribution is -2.33. The van der Waals surface area contributed by atoms with Gasteiger partial charge in [0.2, 0.25) is 0 Å². The van der Waals surface area contributed by atoms with Crippen molar-refractivity contribution in [3.8, 4) is 17.3 Å². The van der Waals surface area contributed by atoms with E-state index in [1.54, 1.807) is 12.3 Å². The third-order valence-electron chi connectivity index (χ3n) is 2.76. The lowest BCUT2D eigenvalue weighted by molar-refractivity contribution is 0.425. The topological polar surface area (TPSA) is 110 Å². The predicted octanol–water partition coefficient (Wildman–Crippen LogP) is -0.151. The number of thioether (sulfide) groups is 1. The van der Waals surface area contributed by atoms with E-state index in [1.807, 2.05) is 0 Å². The molecule has 1 aromatic heterocycles. The highest BCUT2D eigenvalue weighted by Crippen LogP contribution is 2.22. The number of rotatable bonds is 3. The smallest absolute Gasteiger partial charge is 0.423 e. The van der Waals surface area contributed by atoms with E-state index >= 15 is 0 Å². The van der Waals surface area contributed by atoms with Crippen molar-refractivity contribution in [1.82, 2.24) is 9.97 Å². The molecule has 0 bridgehead atoms. The van der Waals surface area contributed by atoms with Crippen LogP contribution in [0.5, 0.6) is 0 Å². The third-order valence-corrected chi connectivity index (χ3v) is 3.34. The van der Waals surface area contributed by atoms with Gasteiger partial charge in [-0.1, -0.05) is 23.9 Å². The Bertz CT molecular complexity index is 788. The lowest BCUT2D eigenvalue weighted by Gasteiger charge is -2.11. The molecule has 0 saturated heterocycles. The van der Waals surface area contributed by atoms with Gasteiger partial charge in [0.1, 0.15) is 17.4 Å². The van der Waals surface area contributed by atoms with Gasteiger partial charge in [-0.25, -0.2) is 9.37 Å². The molecule has 0 unspecified atom stereocenters. The van der Waals surface area contributed by atoms with Gasteiger partial charge in [0.25, 0.3) is 5.56 Å². The van der Waals surface area contributed by atoms with Crippen LogP contribution in [0.15, 0.2) is 28.2 Å². The summed E-state index contributed by atoms with van der Waals surface area (Å²) >= 11 is 1.11. The first-order valence-electron chi connectivity index (χ1n) is 5.73. The summed E-state index contributed by atoms with van der Waals surface area (Å²) in [7, 11) is -1.96. The van der Waals surface area contributed by atoms with E-state index in [1.165, 1.54) is 12.1 Å². The number of hydrogen-bond acceptors (Lipinski definition) is 6. The molecule has 0 aliphatic carbocycles. The number of halogens is 1. The van der Waals surface area contributed by atoms with E-state index in [-0.39, 0.29) is 27.4 Å². The van der Waals surface area contributed by atoms with Gasteiger partial charge in [-0.15, -0.1) is 0 Å². The fourth-order valence-corrected chi connectivity index (χ4v) is 2.22. The van der Waals surface area contributed by atoms with Crippen molar-refractivity contribution in [2.24, 2.45) is 0 Å². The number of H-pyrrole nitrogens is 1. The third kappa shape index (κ3) is 2.83. The highest BCUT2D eigenvalue weighted by Gasteiger charge is 2.24. The van der Waals surface area contributed by atoms with E-state index in [4.69, 9.17) is 5.26 Å². The Kier molecular flexibility index (Phi) is 4.42. The molecule has 0 aliphatic rings. The first-order chi connectivity index (χ1) is 9.99. The van der Waals surface area contributed by atoms with Crippen LogP contribution in [-0.2, 0) is 0 Å². The van der Waals surface area contributed by atoms with Crippen LogP contribution in [-0.4, -0.2) is 33.4 Å². The van der Waals surface area contributed by atoms with Crippen LogP contribution in [0.3, 0.4) is 0 Å². The van der Waals surface area contributed by atoms with Gasteiger partial charge in [-0.2, -0.15) is 5.26 Å². The van der Waals surface area contributed by atoms with Crippen molar-refractivity contribution in [1.29, 1.82) is 5.26 Å². The second kappa shape index (κ2) is 6.09. The van der Waals surface area contributed by atoms with Crippen LogP contribution in [0.25, 0.3) is 11.3 Å². The number of nitrogens with zero attached hydrogens (tertiary/aromatic N) is 2. The van der Waals surface area contributed by atoms with Gasteiger partial charge < -0.3 is 15.0 Å². The Labute approximate surface area is 123 Å². The summed E-state index contributed by atoms with van der Waals surface area (Å²) in [5.41, 5.74) is -1.76. The number of hydrogen-bond donors (Lipinski definition) is 3. The van der Waals surface area contributed by atoms with Gasteiger partial charge in [-0.3, -0.25) is 4.79 Å². The summed E-state index contributed by atoms with van der Waals surface area (Å²) in [5, 5.41) is 27.9. The van der Waals surface area contributed by atoms with Crippen LogP contribution in [0.2, 0.25) is 0 Å². The molecule has 9 heteroatoms. The molecule has 0 amide bonds. The monoisotopic (exact) mass is 305 g/mol. The Morgan fingerprint density at radius 1 is 1.48 bits per heavy atom. The van der Waals surface area contributed by atoms with E-state index < -0.39 is 18.5 Å². The molecule has 1 heterocycles. The fraction of sp³-hybridized carbons (Fsp3) is 0.0833. The summed E-state index contributed by atoms with van der Waals surface area (Å²) in [6, 6.07) is 5.33. The molecule has 0 spiro atoms. The van der Waals surface area contributed by atoms with Crippen LogP contribution in [0.4, 0.5) is 4.39 Å². The van der Waals surface area contributed by atoms with Crippen molar-refractivity contribution in [3.05, 3.63) is 39.9 Å². The van der Waals surface area contributed by atoms with Gasteiger partial charge >= 0.3 is 7.12 Å². The van der Waals surface area contributed by atoms with E-state index in [2.05, 4.69) is 9.97 Å². The van der Waals surface area contributed by atoms with Crippen molar-refractivity contribution >= 4 is 24.3 Å². The quantitative estimate of drug-likeness (QED) is 0.413. The number of nitriles is 1. The summed E-state index contributed by atoms with van der Waals surface area (Å²) in [4.78, 5) is 18.2. The molecule has 21 heavy (non-hydrogen) atoms. The Balaban J connectivity index is 2.88. The summed E-state index contributed by atoms with van der Waals surface area (Å²) in [6.07, 6.45) is 1.65. The van der Waals surface area contributed by atoms with Gasteiger partial charge in [0.15, 0.2) is 5.16 Å². The molecule has 1 aromatic carbocycles. The number of nitrogens with one attached hydrogen (secondary N) is 1. The molecule has 2 rings (SSSR count). The predicted molar refractivity (Wildman–Crippen MR) is 76.6 cm³/mol. The lowest BCUT2D eigenvalue weighted by atomic mass is 9.75. The Morgan fingerprint density at radius 3 is 2.76 bits per heavy atom. The summed E-state index contributed by atoms with van der Waals surface area (Å²) in [5.74, 6) is -0.803. The number of aromatic amines is 1. The second-order valence-electron chi connectivity index (χ2n) is 3.99. The molecular formula is C12H9BFN3O3S. The largest absolute Gasteiger partial charge is 0.489 e. The molecule has 2 aromatic rings. The first kappa shape index (κ1) is 15.2.